The van der Waals surface area contributed by atoms with Gasteiger partial charge in [-0.15, -0.1) is 0 Å². The second kappa shape index (κ2) is 7.14. The number of hydrazine groups is 1. The van der Waals surface area contributed by atoms with Crippen LogP contribution in [0.25, 0.3) is 0 Å². The van der Waals surface area contributed by atoms with Crippen LogP contribution in [0.3, 0.4) is 0 Å². The third-order valence-electron chi connectivity index (χ3n) is 3.83. The molecule has 0 aliphatic heterocycles. The molecule has 1 saturated carbocycles. The molecule has 2 rings (SSSR count). The van der Waals surface area contributed by atoms with Gasteiger partial charge in [-0.3, -0.25) is 5.43 Å². The Morgan fingerprint density at radius 2 is 1.79 bits per heavy atom. The predicted octanol–water partition coefficient (Wildman–Crippen LogP) is 2.79. The van der Waals surface area contributed by atoms with Crippen molar-refractivity contribution in [3.05, 3.63) is 30.3 Å². The number of nitrogens with zero attached hydrogens (tertiary/aromatic N) is 2. The molecule has 0 heterocycles. The lowest BCUT2D eigenvalue weighted by Crippen LogP contribution is -2.47. The first-order valence-corrected chi connectivity index (χ1v) is 7.14. The van der Waals surface area contributed by atoms with Crippen molar-refractivity contribution < 1.29 is 0 Å². The number of nitrogens with two attached hydrogens (primary N) is 1. The minimum absolute atomic E-state index is 0.543. The van der Waals surface area contributed by atoms with Gasteiger partial charge >= 0.3 is 0 Å². The first-order chi connectivity index (χ1) is 9.31. The van der Waals surface area contributed by atoms with Gasteiger partial charge in [-0.05, 0) is 25.0 Å². The van der Waals surface area contributed by atoms with Gasteiger partial charge < -0.3 is 4.90 Å². The van der Waals surface area contributed by atoms with Crippen LogP contribution in [0.4, 0.5) is 5.69 Å². The highest BCUT2D eigenvalue weighted by Gasteiger charge is 2.19. The van der Waals surface area contributed by atoms with E-state index in [1.54, 1.807) is 0 Å². The van der Waals surface area contributed by atoms with E-state index in [2.05, 4.69) is 22.4 Å². The number of aliphatic imine (C=N–C) groups is 1. The third-order valence-corrected chi connectivity index (χ3v) is 3.83. The molecule has 1 fully saturated rings. The summed E-state index contributed by atoms with van der Waals surface area (Å²) in [6.07, 6.45) is 7.77. The fourth-order valence-electron chi connectivity index (χ4n) is 2.66. The van der Waals surface area contributed by atoms with Crippen LogP contribution in [0.1, 0.15) is 38.5 Å². The highest BCUT2D eigenvalue weighted by Crippen LogP contribution is 2.21. The van der Waals surface area contributed by atoms with Crippen molar-refractivity contribution in [3.63, 3.8) is 0 Å². The van der Waals surface area contributed by atoms with Gasteiger partial charge in [-0.25, -0.2) is 10.8 Å². The predicted molar refractivity (Wildman–Crippen MR) is 80.1 cm³/mol. The summed E-state index contributed by atoms with van der Waals surface area (Å²) in [5.41, 5.74) is 3.67. The van der Waals surface area contributed by atoms with E-state index in [-0.39, 0.29) is 0 Å². The third kappa shape index (κ3) is 3.96. The zero-order valence-electron chi connectivity index (χ0n) is 11.7. The highest BCUT2D eigenvalue weighted by molar-refractivity contribution is 5.82. The molecule has 0 radical (unpaired) electrons. The van der Waals surface area contributed by atoms with Crippen molar-refractivity contribution in [2.24, 2.45) is 10.8 Å². The van der Waals surface area contributed by atoms with Crippen molar-refractivity contribution in [2.45, 2.75) is 44.6 Å². The van der Waals surface area contributed by atoms with Gasteiger partial charge in [0.15, 0.2) is 0 Å². The van der Waals surface area contributed by atoms with Gasteiger partial charge in [0.2, 0.25) is 5.96 Å². The summed E-state index contributed by atoms with van der Waals surface area (Å²) in [6.45, 7) is 0. The molecule has 104 valence electrons. The van der Waals surface area contributed by atoms with Crippen LogP contribution in [0.5, 0.6) is 0 Å². The van der Waals surface area contributed by atoms with E-state index in [0.29, 0.717) is 6.04 Å². The average Bonchev–Trinajstić information content (AvgIpc) is 2.74. The maximum Gasteiger partial charge on any atom is 0.213 e. The van der Waals surface area contributed by atoms with Crippen molar-refractivity contribution in [2.75, 3.05) is 7.05 Å². The molecule has 0 saturated heterocycles. The lowest BCUT2D eigenvalue weighted by atomic mass is 10.1. The number of rotatable bonds is 2. The molecule has 3 N–H and O–H groups in total. The summed E-state index contributed by atoms with van der Waals surface area (Å²) >= 11 is 0. The lowest BCUT2D eigenvalue weighted by Gasteiger charge is -2.29. The summed E-state index contributed by atoms with van der Waals surface area (Å²) in [5.74, 6) is 6.39. The van der Waals surface area contributed by atoms with Gasteiger partial charge in [-0.2, -0.15) is 0 Å². The average molecular weight is 260 g/mol. The quantitative estimate of drug-likeness (QED) is 0.283. The van der Waals surface area contributed by atoms with E-state index in [1.165, 1.54) is 38.5 Å². The number of hydrogen-bond donors (Lipinski definition) is 2. The fraction of sp³-hybridized carbons (Fsp3) is 0.533. The summed E-state index contributed by atoms with van der Waals surface area (Å²) in [5, 5.41) is 0. The molecule has 0 unspecified atom stereocenters. The standard InChI is InChI=1S/C15H24N4/c1-19(14-11-7-2-3-8-12-14)15(18-16)17-13-9-5-4-6-10-13/h4-6,9-10,14H,2-3,7-8,11-12,16H2,1H3,(H,17,18). The van der Waals surface area contributed by atoms with E-state index in [0.717, 1.165) is 11.6 Å². The van der Waals surface area contributed by atoms with Gasteiger partial charge in [0.1, 0.15) is 0 Å². The molecule has 1 aromatic carbocycles. The van der Waals surface area contributed by atoms with E-state index in [9.17, 15) is 0 Å². The minimum Gasteiger partial charge on any atom is -0.342 e. The SMILES string of the molecule is CN(C(=Nc1ccccc1)NN)C1CCCCCC1. The maximum atomic E-state index is 5.64. The molecule has 0 aromatic heterocycles. The van der Waals surface area contributed by atoms with Crippen LogP contribution in [0.15, 0.2) is 35.3 Å². The van der Waals surface area contributed by atoms with Crippen molar-refractivity contribution >= 4 is 11.6 Å². The number of guanidine groups is 1. The Morgan fingerprint density at radius 3 is 2.37 bits per heavy atom. The normalized spacial score (nSPS) is 17.9. The van der Waals surface area contributed by atoms with Crippen molar-refractivity contribution in [1.29, 1.82) is 0 Å². The van der Waals surface area contributed by atoms with Crippen molar-refractivity contribution in [1.82, 2.24) is 10.3 Å². The van der Waals surface area contributed by atoms with Gasteiger partial charge in [0.05, 0.1) is 5.69 Å². The molecule has 4 nitrogen and oxygen atoms in total. The molecule has 1 aliphatic rings. The Hall–Kier alpha value is -1.55. The second-order valence-electron chi connectivity index (χ2n) is 5.17. The molecule has 0 amide bonds. The Kier molecular flexibility index (Phi) is 5.21. The Balaban J connectivity index is 2.09. The van der Waals surface area contributed by atoms with Gasteiger partial charge in [0, 0.05) is 13.1 Å². The van der Waals surface area contributed by atoms with Crippen LogP contribution in [-0.4, -0.2) is 23.9 Å². The second-order valence-corrected chi connectivity index (χ2v) is 5.17. The van der Waals surface area contributed by atoms with Crippen LogP contribution < -0.4 is 11.3 Å². The van der Waals surface area contributed by atoms with E-state index in [1.807, 2.05) is 30.3 Å². The molecular weight excluding hydrogens is 236 g/mol. The summed E-state index contributed by atoms with van der Waals surface area (Å²) in [6, 6.07) is 10.5. The Bertz CT molecular complexity index is 394. The first-order valence-electron chi connectivity index (χ1n) is 7.14. The van der Waals surface area contributed by atoms with E-state index in [4.69, 9.17) is 5.84 Å². The lowest BCUT2D eigenvalue weighted by molar-refractivity contribution is 0.321. The van der Waals surface area contributed by atoms with Crippen LogP contribution in [0, 0.1) is 0 Å². The smallest absolute Gasteiger partial charge is 0.213 e. The highest BCUT2D eigenvalue weighted by atomic mass is 15.4. The van der Waals surface area contributed by atoms with E-state index >= 15 is 0 Å². The van der Waals surface area contributed by atoms with Gasteiger partial charge in [0.25, 0.3) is 0 Å². The topological polar surface area (TPSA) is 53.6 Å². The van der Waals surface area contributed by atoms with E-state index < -0.39 is 0 Å². The monoisotopic (exact) mass is 260 g/mol. The molecule has 19 heavy (non-hydrogen) atoms. The van der Waals surface area contributed by atoms with Crippen LogP contribution in [0.2, 0.25) is 0 Å². The number of hydrogen-bond acceptors (Lipinski definition) is 2. The summed E-state index contributed by atoms with van der Waals surface area (Å²) in [7, 11) is 2.08. The Morgan fingerprint density at radius 1 is 1.16 bits per heavy atom. The Labute approximate surface area is 115 Å². The molecule has 1 aromatic rings. The van der Waals surface area contributed by atoms with Gasteiger partial charge in [-0.1, -0.05) is 43.9 Å². The maximum absolute atomic E-state index is 5.64. The summed E-state index contributed by atoms with van der Waals surface area (Å²) in [4.78, 5) is 6.78. The molecule has 4 heteroatoms. The van der Waals surface area contributed by atoms with Crippen LogP contribution >= 0.6 is 0 Å². The molecule has 1 aliphatic carbocycles. The molecular formula is C15H24N4. The number of nitrogens with one attached hydrogen (secondary N) is 1. The number of para-hydroxylation sites is 1. The molecule has 0 bridgehead atoms. The fourth-order valence-corrected chi connectivity index (χ4v) is 2.66. The number of benzene rings is 1. The van der Waals surface area contributed by atoms with Crippen LogP contribution in [-0.2, 0) is 0 Å². The summed E-state index contributed by atoms with van der Waals surface area (Å²) < 4.78 is 0. The molecule has 0 spiro atoms. The first kappa shape index (κ1) is 13.9. The minimum atomic E-state index is 0.543. The van der Waals surface area contributed by atoms with Crippen molar-refractivity contribution in [3.8, 4) is 0 Å². The molecule has 0 atom stereocenters. The largest absolute Gasteiger partial charge is 0.342 e. The zero-order chi connectivity index (χ0) is 13.5. The zero-order valence-corrected chi connectivity index (χ0v) is 11.7.